The number of hydrogen-bond donors (Lipinski definition) is 1. The Morgan fingerprint density at radius 3 is 2.93 bits per heavy atom. The third-order valence-electron chi connectivity index (χ3n) is 3.36. The molecule has 0 bridgehead atoms. The van der Waals surface area contributed by atoms with Crippen LogP contribution in [-0.4, -0.2) is 43.6 Å². The molecule has 0 spiro atoms. The first-order valence-corrected chi connectivity index (χ1v) is 7.00. The van der Waals surface area contributed by atoms with Gasteiger partial charge in [-0.1, -0.05) is 6.08 Å². The minimum Gasteiger partial charge on any atom is -0.315 e. The predicted molar refractivity (Wildman–Crippen MR) is 60.0 cm³/mol. The van der Waals surface area contributed by atoms with Gasteiger partial charge in [0.25, 0.3) is 0 Å². The van der Waals surface area contributed by atoms with Gasteiger partial charge in [0, 0.05) is 18.6 Å². The third-order valence-corrected chi connectivity index (χ3v) is 5.29. The molecule has 2 rings (SSSR count). The Labute approximate surface area is 91.4 Å². The van der Waals surface area contributed by atoms with Crippen molar-refractivity contribution in [2.45, 2.75) is 25.4 Å². The SMILES string of the molecule is C=CCS(=O)(=O)N1C(C)CC2CNCC21. The van der Waals surface area contributed by atoms with E-state index in [1.807, 2.05) is 6.92 Å². The Morgan fingerprint density at radius 2 is 2.27 bits per heavy atom. The zero-order chi connectivity index (χ0) is 11.1. The molecule has 0 aliphatic carbocycles. The van der Waals surface area contributed by atoms with Crippen LogP contribution >= 0.6 is 0 Å². The van der Waals surface area contributed by atoms with E-state index in [-0.39, 0.29) is 17.8 Å². The lowest BCUT2D eigenvalue weighted by molar-refractivity contribution is 0.337. The maximum absolute atomic E-state index is 12.0. The lowest BCUT2D eigenvalue weighted by atomic mass is 10.0. The molecule has 0 amide bonds. The summed E-state index contributed by atoms with van der Waals surface area (Å²) in [5.74, 6) is 0.556. The smallest absolute Gasteiger partial charge is 0.218 e. The summed E-state index contributed by atoms with van der Waals surface area (Å²) in [5.41, 5.74) is 0. The van der Waals surface area contributed by atoms with Crippen molar-refractivity contribution in [1.82, 2.24) is 9.62 Å². The first-order chi connectivity index (χ1) is 7.06. The Hall–Kier alpha value is -0.390. The zero-order valence-electron chi connectivity index (χ0n) is 9.02. The molecular weight excluding hydrogens is 212 g/mol. The molecule has 0 saturated carbocycles. The molecule has 0 aromatic carbocycles. The molecule has 0 aromatic heterocycles. The van der Waals surface area contributed by atoms with Crippen molar-refractivity contribution in [1.29, 1.82) is 0 Å². The van der Waals surface area contributed by atoms with Crippen LogP contribution in [-0.2, 0) is 10.0 Å². The van der Waals surface area contributed by atoms with Crippen molar-refractivity contribution < 1.29 is 8.42 Å². The highest BCUT2D eigenvalue weighted by molar-refractivity contribution is 7.89. The van der Waals surface area contributed by atoms with Crippen LogP contribution in [0, 0.1) is 5.92 Å². The monoisotopic (exact) mass is 230 g/mol. The van der Waals surface area contributed by atoms with Gasteiger partial charge in [0.15, 0.2) is 0 Å². The van der Waals surface area contributed by atoms with E-state index in [1.54, 1.807) is 4.31 Å². The maximum Gasteiger partial charge on any atom is 0.218 e. The predicted octanol–water partition coefficient (Wildman–Crippen LogP) is 0.184. The summed E-state index contributed by atoms with van der Waals surface area (Å²) in [4.78, 5) is 0. The van der Waals surface area contributed by atoms with Crippen LogP contribution < -0.4 is 5.32 Å². The van der Waals surface area contributed by atoms with Crippen LogP contribution in [0.2, 0.25) is 0 Å². The second-order valence-corrected chi connectivity index (χ2v) is 6.39. The summed E-state index contributed by atoms with van der Waals surface area (Å²) in [6, 6.07) is 0.317. The van der Waals surface area contributed by atoms with E-state index in [4.69, 9.17) is 0 Å². The van der Waals surface area contributed by atoms with Gasteiger partial charge in [-0.3, -0.25) is 0 Å². The van der Waals surface area contributed by atoms with Gasteiger partial charge in [0.05, 0.1) is 5.75 Å². The first-order valence-electron chi connectivity index (χ1n) is 5.39. The summed E-state index contributed by atoms with van der Waals surface area (Å²) in [7, 11) is -3.14. The molecule has 2 aliphatic heterocycles. The van der Waals surface area contributed by atoms with E-state index in [2.05, 4.69) is 11.9 Å². The van der Waals surface area contributed by atoms with E-state index in [9.17, 15) is 8.42 Å². The maximum atomic E-state index is 12.0. The quantitative estimate of drug-likeness (QED) is 0.704. The molecule has 2 aliphatic rings. The summed E-state index contributed by atoms with van der Waals surface area (Å²) in [6.07, 6.45) is 2.45. The molecule has 5 heteroatoms. The van der Waals surface area contributed by atoms with E-state index in [0.29, 0.717) is 5.92 Å². The van der Waals surface area contributed by atoms with Gasteiger partial charge in [-0.2, -0.15) is 4.31 Å². The van der Waals surface area contributed by atoms with Gasteiger partial charge in [-0.15, -0.1) is 6.58 Å². The molecule has 2 saturated heterocycles. The standard InChI is InChI=1S/C10H18N2O2S/c1-3-4-15(13,14)12-8(2)5-9-6-11-7-10(9)12/h3,8-11H,1,4-7H2,2H3. The molecule has 3 unspecified atom stereocenters. The molecule has 4 nitrogen and oxygen atoms in total. The minimum absolute atomic E-state index is 0.0561. The van der Waals surface area contributed by atoms with E-state index >= 15 is 0 Å². The fourth-order valence-electron chi connectivity index (χ4n) is 2.84. The van der Waals surface area contributed by atoms with Crippen LogP contribution in [0.15, 0.2) is 12.7 Å². The van der Waals surface area contributed by atoms with Crippen molar-refractivity contribution in [2.24, 2.45) is 5.92 Å². The molecule has 0 aromatic rings. The number of nitrogens with zero attached hydrogens (tertiary/aromatic N) is 1. The molecule has 3 atom stereocenters. The Morgan fingerprint density at radius 1 is 1.53 bits per heavy atom. The third kappa shape index (κ3) is 1.84. The number of rotatable bonds is 3. The Kier molecular flexibility index (Phi) is 2.87. The molecule has 2 heterocycles. The van der Waals surface area contributed by atoms with Crippen molar-refractivity contribution in [3.8, 4) is 0 Å². The minimum atomic E-state index is -3.14. The zero-order valence-corrected chi connectivity index (χ0v) is 9.83. The summed E-state index contributed by atoms with van der Waals surface area (Å²) < 4.78 is 25.7. The number of nitrogens with one attached hydrogen (secondary N) is 1. The van der Waals surface area contributed by atoms with Gasteiger partial charge in [0.2, 0.25) is 10.0 Å². The van der Waals surface area contributed by atoms with Crippen molar-refractivity contribution in [3.05, 3.63) is 12.7 Å². The second kappa shape index (κ2) is 3.88. The number of hydrogen-bond acceptors (Lipinski definition) is 3. The van der Waals surface area contributed by atoms with Crippen LogP contribution in [0.3, 0.4) is 0 Å². The molecule has 0 radical (unpaired) electrons. The van der Waals surface area contributed by atoms with E-state index in [0.717, 1.165) is 19.5 Å². The summed E-state index contributed by atoms with van der Waals surface area (Å²) in [5, 5.41) is 3.26. The Bertz CT molecular complexity index is 352. The topological polar surface area (TPSA) is 49.4 Å². The average Bonchev–Trinajstić information content (AvgIpc) is 2.61. The fourth-order valence-corrected chi connectivity index (χ4v) is 4.61. The van der Waals surface area contributed by atoms with Crippen molar-refractivity contribution in [2.75, 3.05) is 18.8 Å². The molecule has 15 heavy (non-hydrogen) atoms. The molecular formula is C10H18N2O2S. The fraction of sp³-hybridized carbons (Fsp3) is 0.800. The number of sulfonamides is 1. The molecule has 1 N–H and O–H groups in total. The van der Waals surface area contributed by atoms with Gasteiger partial charge >= 0.3 is 0 Å². The lowest BCUT2D eigenvalue weighted by Crippen LogP contribution is -2.43. The van der Waals surface area contributed by atoms with E-state index in [1.165, 1.54) is 6.08 Å². The molecule has 2 fully saturated rings. The van der Waals surface area contributed by atoms with E-state index < -0.39 is 10.0 Å². The van der Waals surface area contributed by atoms with Crippen LogP contribution in [0.25, 0.3) is 0 Å². The van der Waals surface area contributed by atoms with Crippen LogP contribution in [0.5, 0.6) is 0 Å². The Balaban J connectivity index is 2.24. The highest BCUT2D eigenvalue weighted by Crippen LogP contribution is 2.34. The van der Waals surface area contributed by atoms with Gasteiger partial charge < -0.3 is 5.32 Å². The highest BCUT2D eigenvalue weighted by Gasteiger charge is 2.46. The summed E-state index contributed by atoms with van der Waals surface area (Å²) >= 11 is 0. The molecule has 86 valence electrons. The number of fused-ring (bicyclic) bond motifs is 1. The summed E-state index contributed by atoms with van der Waals surface area (Å²) in [6.45, 7) is 7.26. The van der Waals surface area contributed by atoms with Crippen molar-refractivity contribution in [3.63, 3.8) is 0 Å². The normalized spacial score (nSPS) is 36.7. The van der Waals surface area contributed by atoms with Crippen LogP contribution in [0.4, 0.5) is 0 Å². The first kappa shape index (κ1) is 11.1. The average molecular weight is 230 g/mol. The highest BCUT2D eigenvalue weighted by atomic mass is 32.2. The van der Waals surface area contributed by atoms with Gasteiger partial charge in [-0.25, -0.2) is 8.42 Å². The van der Waals surface area contributed by atoms with Crippen molar-refractivity contribution >= 4 is 10.0 Å². The van der Waals surface area contributed by atoms with Gasteiger partial charge in [0.1, 0.15) is 0 Å². The lowest BCUT2D eigenvalue weighted by Gasteiger charge is -2.25. The second-order valence-electron chi connectivity index (χ2n) is 4.47. The van der Waals surface area contributed by atoms with Gasteiger partial charge in [-0.05, 0) is 25.8 Å². The van der Waals surface area contributed by atoms with Crippen LogP contribution in [0.1, 0.15) is 13.3 Å². The largest absolute Gasteiger partial charge is 0.315 e.